The first-order chi connectivity index (χ1) is 8.28. The number of nitrogens with one attached hydrogen (secondary N) is 2. The van der Waals surface area contributed by atoms with Crippen molar-refractivity contribution in [2.24, 2.45) is 0 Å². The third kappa shape index (κ3) is 3.54. The van der Waals surface area contributed by atoms with Crippen LogP contribution in [0.25, 0.3) is 6.08 Å². The normalized spacial score (nSPS) is 13.1. The van der Waals surface area contributed by atoms with Crippen LogP contribution in [0.15, 0.2) is 18.7 Å². The van der Waals surface area contributed by atoms with Crippen LogP contribution >= 0.6 is 0 Å². The van der Waals surface area contributed by atoms with Gasteiger partial charge in [0.2, 0.25) is 10.0 Å². The van der Waals surface area contributed by atoms with Crippen LogP contribution in [0.1, 0.15) is 24.1 Å². The molecular weight excluding hydrogens is 255 g/mol. The molecule has 100 valence electrons. The third-order valence-electron chi connectivity index (χ3n) is 2.58. The van der Waals surface area contributed by atoms with E-state index in [1.807, 2.05) is 6.92 Å². The molecule has 1 atom stereocenters. The monoisotopic (exact) mass is 272 g/mol. The van der Waals surface area contributed by atoms with Gasteiger partial charge in [0.1, 0.15) is 5.82 Å². The average Bonchev–Trinajstić information content (AvgIpc) is 2.28. The predicted octanol–water partition coefficient (Wildman–Crippen LogP) is 2.12. The summed E-state index contributed by atoms with van der Waals surface area (Å²) in [6, 6.07) is 2.97. The first-order valence-corrected chi connectivity index (χ1v) is 7.28. The zero-order valence-electron chi connectivity index (χ0n) is 10.6. The van der Waals surface area contributed by atoms with Crippen molar-refractivity contribution in [1.29, 1.82) is 0 Å². The van der Waals surface area contributed by atoms with Crippen molar-refractivity contribution in [3.8, 4) is 0 Å². The molecule has 0 aliphatic heterocycles. The van der Waals surface area contributed by atoms with Gasteiger partial charge in [-0.3, -0.25) is 4.72 Å². The second kappa shape index (κ2) is 5.49. The summed E-state index contributed by atoms with van der Waals surface area (Å²) in [5.74, 6) is -0.616. The van der Waals surface area contributed by atoms with E-state index >= 15 is 0 Å². The van der Waals surface area contributed by atoms with Gasteiger partial charge in [0.05, 0.1) is 11.9 Å². The Bertz CT molecular complexity index is 555. The molecule has 0 aromatic heterocycles. The van der Waals surface area contributed by atoms with Crippen LogP contribution in [0.5, 0.6) is 0 Å². The molecule has 0 saturated carbocycles. The highest BCUT2D eigenvalue weighted by Gasteiger charge is 2.14. The van der Waals surface area contributed by atoms with Crippen LogP contribution in [-0.4, -0.2) is 21.7 Å². The molecule has 0 spiro atoms. The standard InChI is InChI=1S/C12H17FN2O2S/c1-5-9-6-10(8(2)14-3)7-11(13)12(9)15-18(4,16)17/h5-8,14-15H,1H2,2-4H3/t8-/m1/s1. The molecule has 0 amide bonds. The van der Waals surface area contributed by atoms with E-state index in [0.717, 1.165) is 11.8 Å². The molecule has 0 heterocycles. The summed E-state index contributed by atoms with van der Waals surface area (Å²) in [4.78, 5) is 0. The van der Waals surface area contributed by atoms with Gasteiger partial charge in [0, 0.05) is 11.6 Å². The Balaban J connectivity index is 3.33. The molecule has 2 N–H and O–H groups in total. The minimum Gasteiger partial charge on any atom is -0.313 e. The van der Waals surface area contributed by atoms with Gasteiger partial charge in [-0.25, -0.2) is 12.8 Å². The molecule has 0 unspecified atom stereocenters. The Morgan fingerprint density at radius 2 is 2.06 bits per heavy atom. The molecule has 1 aromatic rings. The number of anilines is 1. The summed E-state index contributed by atoms with van der Waals surface area (Å²) in [6.45, 7) is 5.45. The van der Waals surface area contributed by atoms with Crippen molar-refractivity contribution in [2.75, 3.05) is 18.0 Å². The maximum Gasteiger partial charge on any atom is 0.229 e. The van der Waals surface area contributed by atoms with Crippen LogP contribution in [0.3, 0.4) is 0 Å². The van der Waals surface area contributed by atoms with Crippen molar-refractivity contribution in [1.82, 2.24) is 5.32 Å². The van der Waals surface area contributed by atoms with E-state index < -0.39 is 15.8 Å². The van der Waals surface area contributed by atoms with Crippen molar-refractivity contribution >= 4 is 21.8 Å². The highest BCUT2D eigenvalue weighted by molar-refractivity contribution is 7.92. The number of hydrogen-bond acceptors (Lipinski definition) is 3. The Kier molecular flexibility index (Phi) is 4.48. The molecule has 0 saturated heterocycles. The quantitative estimate of drug-likeness (QED) is 0.863. The third-order valence-corrected chi connectivity index (χ3v) is 3.16. The predicted molar refractivity (Wildman–Crippen MR) is 72.4 cm³/mol. The van der Waals surface area contributed by atoms with E-state index in [0.29, 0.717) is 5.56 Å². The van der Waals surface area contributed by atoms with Crippen LogP contribution < -0.4 is 10.0 Å². The smallest absolute Gasteiger partial charge is 0.229 e. The zero-order valence-corrected chi connectivity index (χ0v) is 11.4. The topological polar surface area (TPSA) is 58.2 Å². The molecule has 4 nitrogen and oxygen atoms in total. The highest BCUT2D eigenvalue weighted by atomic mass is 32.2. The molecule has 18 heavy (non-hydrogen) atoms. The fraction of sp³-hybridized carbons (Fsp3) is 0.333. The molecule has 0 aliphatic rings. The van der Waals surface area contributed by atoms with Crippen LogP contribution in [0.4, 0.5) is 10.1 Å². The van der Waals surface area contributed by atoms with Crippen molar-refractivity contribution in [3.05, 3.63) is 35.7 Å². The largest absolute Gasteiger partial charge is 0.313 e. The van der Waals surface area contributed by atoms with Gasteiger partial charge < -0.3 is 5.32 Å². The van der Waals surface area contributed by atoms with Gasteiger partial charge in [-0.1, -0.05) is 12.7 Å². The number of halogens is 1. The lowest BCUT2D eigenvalue weighted by atomic mass is 10.0. The summed E-state index contributed by atoms with van der Waals surface area (Å²) in [5.41, 5.74) is 1.07. The van der Waals surface area contributed by atoms with E-state index in [1.165, 1.54) is 12.1 Å². The first-order valence-electron chi connectivity index (χ1n) is 5.39. The number of hydrogen-bond donors (Lipinski definition) is 2. The molecule has 0 fully saturated rings. The van der Waals surface area contributed by atoms with Gasteiger partial charge in [-0.2, -0.15) is 0 Å². The SMILES string of the molecule is C=Cc1cc([C@@H](C)NC)cc(F)c1NS(C)(=O)=O. The summed E-state index contributed by atoms with van der Waals surface area (Å²) in [6.07, 6.45) is 2.39. The molecule has 0 aliphatic carbocycles. The lowest BCUT2D eigenvalue weighted by Gasteiger charge is -2.15. The summed E-state index contributed by atoms with van der Waals surface area (Å²) >= 11 is 0. The second-order valence-corrected chi connectivity index (χ2v) is 5.80. The summed E-state index contributed by atoms with van der Waals surface area (Å²) in [7, 11) is -1.76. The number of sulfonamides is 1. The van der Waals surface area contributed by atoms with Gasteiger partial charge >= 0.3 is 0 Å². The van der Waals surface area contributed by atoms with Crippen molar-refractivity contribution < 1.29 is 12.8 Å². The van der Waals surface area contributed by atoms with Gasteiger partial charge in [-0.15, -0.1) is 0 Å². The van der Waals surface area contributed by atoms with Gasteiger partial charge in [-0.05, 0) is 31.7 Å². The van der Waals surface area contributed by atoms with Crippen molar-refractivity contribution in [3.63, 3.8) is 0 Å². The minimum absolute atomic E-state index is 0.0366. The minimum atomic E-state index is -3.52. The molecule has 6 heteroatoms. The lowest BCUT2D eigenvalue weighted by Crippen LogP contribution is -2.15. The fourth-order valence-electron chi connectivity index (χ4n) is 1.52. The van der Waals surface area contributed by atoms with Gasteiger partial charge in [0.25, 0.3) is 0 Å². The van der Waals surface area contributed by atoms with Crippen molar-refractivity contribution in [2.45, 2.75) is 13.0 Å². The first kappa shape index (κ1) is 14.7. The van der Waals surface area contributed by atoms with E-state index in [4.69, 9.17) is 0 Å². The van der Waals surface area contributed by atoms with E-state index in [2.05, 4.69) is 16.6 Å². The molecular formula is C12H17FN2O2S. The maximum atomic E-state index is 13.9. The zero-order chi connectivity index (χ0) is 13.9. The van der Waals surface area contributed by atoms with E-state index in [1.54, 1.807) is 13.1 Å². The van der Waals surface area contributed by atoms with E-state index in [-0.39, 0.29) is 11.7 Å². The number of rotatable bonds is 5. The Labute approximate surface area is 107 Å². The molecule has 1 aromatic carbocycles. The summed E-state index contributed by atoms with van der Waals surface area (Å²) in [5, 5.41) is 2.99. The molecule has 0 bridgehead atoms. The fourth-order valence-corrected chi connectivity index (χ4v) is 2.11. The molecule has 0 radical (unpaired) electrons. The van der Waals surface area contributed by atoms with Crippen LogP contribution in [0, 0.1) is 5.82 Å². The average molecular weight is 272 g/mol. The second-order valence-electron chi connectivity index (χ2n) is 4.06. The maximum absolute atomic E-state index is 13.9. The van der Waals surface area contributed by atoms with Gasteiger partial charge in [0.15, 0.2) is 0 Å². The highest BCUT2D eigenvalue weighted by Crippen LogP contribution is 2.26. The molecule has 1 rings (SSSR count). The Morgan fingerprint density at radius 1 is 1.44 bits per heavy atom. The van der Waals surface area contributed by atoms with Crippen LogP contribution in [0.2, 0.25) is 0 Å². The summed E-state index contributed by atoms with van der Waals surface area (Å²) < 4.78 is 38.4. The Morgan fingerprint density at radius 3 is 2.50 bits per heavy atom. The Hall–Kier alpha value is -1.40. The van der Waals surface area contributed by atoms with Crippen LogP contribution in [-0.2, 0) is 10.0 Å². The van der Waals surface area contributed by atoms with E-state index in [9.17, 15) is 12.8 Å². The lowest BCUT2D eigenvalue weighted by molar-refractivity contribution is 0.600. The number of benzene rings is 1.